The van der Waals surface area contributed by atoms with Crippen LogP contribution in [-0.2, 0) is 16.0 Å². The summed E-state index contributed by atoms with van der Waals surface area (Å²) in [5.74, 6) is 3.34. The SMILES string of the molecule is CCOC(=O)C#Cc1cc(CC#N)ccc1F. The minimum absolute atomic E-state index is 0.0887. The van der Waals surface area contributed by atoms with Gasteiger partial charge in [-0.2, -0.15) is 5.26 Å². The molecule has 1 rings (SSSR count). The molecular weight excluding hydrogens is 221 g/mol. The number of ether oxygens (including phenoxy) is 1. The molecule has 0 aliphatic heterocycles. The van der Waals surface area contributed by atoms with Crippen LogP contribution in [-0.4, -0.2) is 12.6 Å². The molecule has 0 aliphatic carbocycles. The predicted octanol–water partition coefficient (Wildman–Crippen LogP) is 1.81. The van der Waals surface area contributed by atoms with Gasteiger partial charge in [-0.1, -0.05) is 12.0 Å². The summed E-state index contributed by atoms with van der Waals surface area (Å²) in [5, 5.41) is 8.51. The molecule has 0 aliphatic rings. The molecule has 3 nitrogen and oxygen atoms in total. The average Bonchev–Trinajstić information content (AvgIpc) is 2.30. The number of nitrogens with zero attached hydrogens (tertiary/aromatic N) is 1. The number of rotatable bonds is 2. The molecule has 0 heterocycles. The van der Waals surface area contributed by atoms with Gasteiger partial charge in [0.1, 0.15) is 5.82 Å². The summed E-state index contributed by atoms with van der Waals surface area (Å²) >= 11 is 0. The number of benzene rings is 1. The molecule has 0 saturated heterocycles. The van der Waals surface area contributed by atoms with Crippen LogP contribution in [0.5, 0.6) is 0 Å². The van der Waals surface area contributed by atoms with E-state index in [0.717, 1.165) is 0 Å². The van der Waals surface area contributed by atoms with Crippen LogP contribution in [0, 0.1) is 29.0 Å². The third kappa shape index (κ3) is 3.96. The molecule has 0 saturated carbocycles. The van der Waals surface area contributed by atoms with E-state index in [1.54, 1.807) is 6.92 Å². The van der Waals surface area contributed by atoms with Crippen molar-refractivity contribution in [3.05, 3.63) is 35.1 Å². The number of halogens is 1. The standard InChI is InChI=1S/C13H10FNO2/c1-2-17-13(16)6-4-11-9-10(7-8-15)3-5-12(11)14/h3,5,9H,2,7H2,1H3. The van der Waals surface area contributed by atoms with Gasteiger partial charge in [0.25, 0.3) is 0 Å². The van der Waals surface area contributed by atoms with E-state index in [-0.39, 0.29) is 18.6 Å². The van der Waals surface area contributed by atoms with Gasteiger partial charge in [0.05, 0.1) is 24.7 Å². The third-order valence-corrected chi connectivity index (χ3v) is 1.89. The summed E-state index contributed by atoms with van der Waals surface area (Å²) in [6.07, 6.45) is 0.175. The van der Waals surface area contributed by atoms with Gasteiger partial charge < -0.3 is 4.74 Å². The Morgan fingerprint density at radius 1 is 1.53 bits per heavy atom. The van der Waals surface area contributed by atoms with Crippen molar-refractivity contribution in [2.45, 2.75) is 13.3 Å². The Balaban J connectivity index is 2.93. The molecule has 0 aromatic heterocycles. The number of hydrogen-bond acceptors (Lipinski definition) is 3. The molecule has 17 heavy (non-hydrogen) atoms. The minimum atomic E-state index is -0.697. The van der Waals surface area contributed by atoms with E-state index in [9.17, 15) is 9.18 Å². The van der Waals surface area contributed by atoms with Gasteiger partial charge in [-0.3, -0.25) is 0 Å². The van der Waals surface area contributed by atoms with Crippen LogP contribution in [0.4, 0.5) is 4.39 Å². The molecule has 0 spiro atoms. The lowest BCUT2D eigenvalue weighted by Gasteiger charge is -1.97. The minimum Gasteiger partial charge on any atom is -0.456 e. The molecule has 1 aromatic rings. The summed E-state index contributed by atoms with van der Waals surface area (Å²) < 4.78 is 17.9. The van der Waals surface area contributed by atoms with Gasteiger partial charge in [0.2, 0.25) is 0 Å². The Hall–Kier alpha value is -2.33. The third-order valence-electron chi connectivity index (χ3n) is 1.89. The summed E-state index contributed by atoms with van der Waals surface area (Å²) in [7, 11) is 0. The molecule has 0 atom stereocenters. The van der Waals surface area contributed by atoms with Crippen molar-refractivity contribution in [2.75, 3.05) is 6.61 Å². The lowest BCUT2D eigenvalue weighted by atomic mass is 10.1. The molecule has 86 valence electrons. The highest BCUT2D eigenvalue weighted by atomic mass is 19.1. The van der Waals surface area contributed by atoms with Crippen LogP contribution < -0.4 is 0 Å². The number of carbonyl (C=O) groups is 1. The Labute approximate surface area is 98.8 Å². The molecule has 0 bridgehead atoms. The fraction of sp³-hybridized carbons (Fsp3) is 0.231. The maximum Gasteiger partial charge on any atom is 0.384 e. The van der Waals surface area contributed by atoms with Gasteiger partial charge >= 0.3 is 5.97 Å². The van der Waals surface area contributed by atoms with E-state index in [1.165, 1.54) is 18.2 Å². The first-order valence-corrected chi connectivity index (χ1v) is 5.01. The largest absolute Gasteiger partial charge is 0.456 e. The number of carbonyl (C=O) groups excluding carboxylic acids is 1. The molecule has 0 amide bonds. The number of hydrogen-bond donors (Lipinski definition) is 0. The molecule has 0 N–H and O–H groups in total. The Kier molecular flexibility index (Phi) is 4.72. The predicted molar refractivity (Wildman–Crippen MR) is 59.2 cm³/mol. The fourth-order valence-electron chi connectivity index (χ4n) is 1.16. The van der Waals surface area contributed by atoms with E-state index in [4.69, 9.17) is 5.26 Å². The monoisotopic (exact) mass is 231 g/mol. The van der Waals surface area contributed by atoms with Gasteiger partial charge in [0, 0.05) is 5.92 Å². The maximum atomic E-state index is 13.3. The Morgan fingerprint density at radius 3 is 2.94 bits per heavy atom. The molecule has 0 radical (unpaired) electrons. The molecule has 4 heteroatoms. The Bertz CT molecular complexity index is 520. The lowest BCUT2D eigenvalue weighted by Crippen LogP contribution is -2.00. The van der Waals surface area contributed by atoms with E-state index in [2.05, 4.69) is 16.6 Å². The van der Waals surface area contributed by atoms with Crippen LogP contribution in [0.15, 0.2) is 18.2 Å². The van der Waals surface area contributed by atoms with Crippen molar-refractivity contribution in [3.63, 3.8) is 0 Å². The van der Waals surface area contributed by atoms with Crippen molar-refractivity contribution < 1.29 is 13.9 Å². The van der Waals surface area contributed by atoms with Crippen LogP contribution in [0.3, 0.4) is 0 Å². The van der Waals surface area contributed by atoms with E-state index in [0.29, 0.717) is 5.56 Å². The normalized spacial score (nSPS) is 8.76. The summed E-state index contributed by atoms with van der Waals surface area (Å²) in [6.45, 7) is 1.89. The van der Waals surface area contributed by atoms with Gasteiger partial charge in [0.15, 0.2) is 0 Å². The zero-order valence-corrected chi connectivity index (χ0v) is 9.29. The zero-order valence-electron chi connectivity index (χ0n) is 9.29. The average molecular weight is 231 g/mol. The first-order chi connectivity index (χ1) is 8.17. The van der Waals surface area contributed by atoms with Crippen molar-refractivity contribution >= 4 is 5.97 Å². The van der Waals surface area contributed by atoms with Crippen LogP contribution in [0.2, 0.25) is 0 Å². The lowest BCUT2D eigenvalue weighted by molar-refractivity contribution is -0.136. The van der Waals surface area contributed by atoms with Gasteiger partial charge in [-0.05, 0) is 24.6 Å². The van der Waals surface area contributed by atoms with Crippen LogP contribution in [0.25, 0.3) is 0 Å². The van der Waals surface area contributed by atoms with Crippen LogP contribution in [0.1, 0.15) is 18.1 Å². The second kappa shape index (κ2) is 6.30. The number of nitriles is 1. The van der Waals surface area contributed by atoms with Crippen molar-refractivity contribution in [1.29, 1.82) is 5.26 Å². The molecular formula is C13H10FNO2. The molecule has 0 fully saturated rings. The topological polar surface area (TPSA) is 50.1 Å². The van der Waals surface area contributed by atoms with Gasteiger partial charge in [-0.25, -0.2) is 9.18 Å². The quantitative estimate of drug-likeness (QED) is 0.576. The zero-order chi connectivity index (χ0) is 12.7. The second-order valence-corrected chi connectivity index (χ2v) is 3.12. The van der Waals surface area contributed by atoms with Gasteiger partial charge in [-0.15, -0.1) is 0 Å². The second-order valence-electron chi connectivity index (χ2n) is 3.12. The molecule has 0 unspecified atom stereocenters. The smallest absolute Gasteiger partial charge is 0.384 e. The summed E-state index contributed by atoms with van der Waals surface area (Å²) in [6, 6.07) is 6.13. The first kappa shape index (κ1) is 12.7. The van der Waals surface area contributed by atoms with Crippen molar-refractivity contribution in [3.8, 4) is 17.9 Å². The number of esters is 1. The first-order valence-electron chi connectivity index (χ1n) is 5.01. The van der Waals surface area contributed by atoms with E-state index >= 15 is 0 Å². The van der Waals surface area contributed by atoms with Crippen LogP contribution >= 0.6 is 0 Å². The highest BCUT2D eigenvalue weighted by Crippen LogP contribution is 2.09. The Morgan fingerprint density at radius 2 is 2.29 bits per heavy atom. The summed E-state index contributed by atoms with van der Waals surface area (Å²) in [5.41, 5.74) is 0.743. The highest BCUT2D eigenvalue weighted by molar-refractivity contribution is 5.89. The van der Waals surface area contributed by atoms with Crippen molar-refractivity contribution in [1.82, 2.24) is 0 Å². The fourth-order valence-corrected chi connectivity index (χ4v) is 1.16. The molecule has 1 aromatic carbocycles. The van der Waals surface area contributed by atoms with E-state index < -0.39 is 11.8 Å². The summed E-state index contributed by atoms with van der Waals surface area (Å²) in [4.78, 5) is 11.0. The van der Waals surface area contributed by atoms with E-state index in [1.807, 2.05) is 6.07 Å². The van der Waals surface area contributed by atoms with Crippen molar-refractivity contribution in [2.24, 2.45) is 0 Å². The highest BCUT2D eigenvalue weighted by Gasteiger charge is 2.01. The maximum absolute atomic E-state index is 13.3.